The summed E-state index contributed by atoms with van der Waals surface area (Å²) in [6, 6.07) is 5.44. The molecule has 0 spiro atoms. The van der Waals surface area contributed by atoms with Gasteiger partial charge in [0, 0.05) is 25.8 Å². The van der Waals surface area contributed by atoms with Crippen molar-refractivity contribution in [3.8, 4) is 5.75 Å². The van der Waals surface area contributed by atoms with Crippen LogP contribution in [0.15, 0.2) is 18.2 Å². The van der Waals surface area contributed by atoms with Crippen LogP contribution in [0.1, 0.15) is 30.1 Å². The molecule has 5 nitrogen and oxygen atoms in total. The molecular weight excluding hydrogens is 268 g/mol. The van der Waals surface area contributed by atoms with Gasteiger partial charge in [-0.15, -0.1) is 0 Å². The Labute approximate surface area is 126 Å². The first kappa shape index (κ1) is 15.8. The fraction of sp³-hybridized carbons (Fsp3) is 0.562. The van der Waals surface area contributed by atoms with Crippen LogP contribution in [0.25, 0.3) is 0 Å². The number of rotatable bonds is 8. The van der Waals surface area contributed by atoms with Gasteiger partial charge in [0.25, 0.3) is 0 Å². The summed E-state index contributed by atoms with van der Waals surface area (Å²) in [6.07, 6.45) is 1.67. The Morgan fingerprint density at radius 1 is 1.52 bits per heavy atom. The van der Waals surface area contributed by atoms with Crippen LogP contribution in [0.3, 0.4) is 0 Å². The molecule has 0 radical (unpaired) electrons. The molecule has 2 rings (SSSR count). The van der Waals surface area contributed by atoms with Gasteiger partial charge in [-0.2, -0.15) is 0 Å². The van der Waals surface area contributed by atoms with Crippen LogP contribution in [0.2, 0.25) is 0 Å². The second kappa shape index (κ2) is 8.00. The van der Waals surface area contributed by atoms with Crippen molar-refractivity contribution in [2.75, 3.05) is 38.7 Å². The van der Waals surface area contributed by atoms with Crippen LogP contribution < -0.4 is 15.4 Å². The Morgan fingerprint density at radius 3 is 3.14 bits per heavy atom. The predicted octanol–water partition coefficient (Wildman–Crippen LogP) is 2.08. The van der Waals surface area contributed by atoms with Gasteiger partial charge < -0.3 is 20.1 Å². The van der Waals surface area contributed by atoms with Gasteiger partial charge in [-0.25, -0.2) is 0 Å². The van der Waals surface area contributed by atoms with E-state index in [2.05, 4.69) is 10.6 Å². The Balaban J connectivity index is 1.99. The van der Waals surface area contributed by atoms with Crippen LogP contribution in [-0.4, -0.2) is 45.2 Å². The SMILES string of the molecule is CCC(NCCCOC)C(=O)c1ccc2c(c1)NCCO2. The number of Topliss-reactive ketones (excluding diaryl/α,β-unsaturated/α-hetero) is 1. The van der Waals surface area contributed by atoms with Gasteiger partial charge >= 0.3 is 0 Å². The molecule has 1 aliphatic rings. The zero-order valence-electron chi connectivity index (χ0n) is 12.8. The lowest BCUT2D eigenvalue weighted by atomic mass is 10.0. The number of carbonyl (C=O) groups excluding carboxylic acids is 1. The van der Waals surface area contributed by atoms with E-state index in [1.165, 1.54) is 0 Å². The molecule has 0 saturated heterocycles. The topological polar surface area (TPSA) is 59.6 Å². The summed E-state index contributed by atoms with van der Waals surface area (Å²) >= 11 is 0. The second-order valence-corrected chi connectivity index (χ2v) is 5.11. The minimum Gasteiger partial charge on any atom is -0.490 e. The van der Waals surface area contributed by atoms with E-state index in [1.54, 1.807) is 7.11 Å². The quantitative estimate of drug-likeness (QED) is 0.567. The molecule has 2 N–H and O–H groups in total. The lowest BCUT2D eigenvalue weighted by molar-refractivity contribution is 0.0938. The lowest BCUT2D eigenvalue weighted by Crippen LogP contribution is -2.37. The number of ketones is 1. The summed E-state index contributed by atoms with van der Waals surface area (Å²) in [4.78, 5) is 12.6. The molecule has 0 saturated carbocycles. The maximum Gasteiger partial charge on any atom is 0.179 e. The van der Waals surface area contributed by atoms with E-state index in [9.17, 15) is 4.79 Å². The van der Waals surface area contributed by atoms with E-state index in [0.29, 0.717) is 13.2 Å². The van der Waals surface area contributed by atoms with E-state index in [-0.39, 0.29) is 11.8 Å². The highest BCUT2D eigenvalue weighted by Crippen LogP contribution is 2.28. The summed E-state index contributed by atoms with van der Waals surface area (Å²) < 4.78 is 10.6. The average Bonchev–Trinajstić information content (AvgIpc) is 2.54. The van der Waals surface area contributed by atoms with Gasteiger partial charge in [-0.3, -0.25) is 4.79 Å². The van der Waals surface area contributed by atoms with Crippen molar-refractivity contribution >= 4 is 11.5 Å². The number of benzene rings is 1. The molecular formula is C16H24N2O3. The van der Waals surface area contributed by atoms with Crippen molar-refractivity contribution in [1.82, 2.24) is 5.32 Å². The molecule has 0 fully saturated rings. The number of fused-ring (bicyclic) bond motifs is 1. The fourth-order valence-electron chi connectivity index (χ4n) is 2.41. The summed E-state index contributed by atoms with van der Waals surface area (Å²) in [6.45, 7) is 4.95. The summed E-state index contributed by atoms with van der Waals surface area (Å²) in [5.41, 5.74) is 1.62. The Morgan fingerprint density at radius 2 is 2.38 bits per heavy atom. The molecule has 1 heterocycles. The molecule has 1 aromatic rings. The Bertz CT molecular complexity index is 477. The van der Waals surface area contributed by atoms with Gasteiger partial charge in [0.2, 0.25) is 0 Å². The molecule has 0 amide bonds. The molecule has 0 bridgehead atoms. The van der Waals surface area contributed by atoms with Crippen LogP contribution in [-0.2, 0) is 4.74 Å². The highest BCUT2D eigenvalue weighted by atomic mass is 16.5. The molecule has 116 valence electrons. The first-order valence-corrected chi connectivity index (χ1v) is 7.53. The van der Waals surface area contributed by atoms with Crippen LogP contribution in [0.5, 0.6) is 5.75 Å². The monoisotopic (exact) mass is 292 g/mol. The molecule has 1 unspecified atom stereocenters. The molecule has 5 heteroatoms. The van der Waals surface area contributed by atoms with Crippen LogP contribution in [0, 0.1) is 0 Å². The van der Waals surface area contributed by atoms with E-state index in [1.807, 2.05) is 25.1 Å². The summed E-state index contributed by atoms with van der Waals surface area (Å²) in [7, 11) is 1.69. The highest BCUT2D eigenvalue weighted by molar-refractivity contribution is 6.01. The van der Waals surface area contributed by atoms with Crippen molar-refractivity contribution in [2.24, 2.45) is 0 Å². The van der Waals surface area contributed by atoms with Crippen molar-refractivity contribution in [3.63, 3.8) is 0 Å². The Kier molecular flexibility index (Phi) is 6.02. The van der Waals surface area contributed by atoms with E-state index >= 15 is 0 Å². The lowest BCUT2D eigenvalue weighted by Gasteiger charge is -2.21. The van der Waals surface area contributed by atoms with Gasteiger partial charge in [-0.05, 0) is 37.6 Å². The normalized spacial score (nSPS) is 14.8. The maximum absolute atomic E-state index is 12.6. The number of methoxy groups -OCH3 is 1. The fourth-order valence-corrected chi connectivity index (χ4v) is 2.41. The summed E-state index contributed by atoms with van der Waals surface area (Å²) in [5.74, 6) is 0.948. The van der Waals surface area contributed by atoms with Gasteiger partial charge in [0.15, 0.2) is 5.78 Å². The van der Waals surface area contributed by atoms with E-state index < -0.39 is 0 Å². The van der Waals surface area contributed by atoms with E-state index in [4.69, 9.17) is 9.47 Å². The third kappa shape index (κ3) is 4.19. The zero-order valence-corrected chi connectivity index (χ0v) is 12.8. The molecule has 21 heavy (non-hydrogen) atoms. The van der Waals surface area contributed by atoms with Crippen molar-refractivity contribution in [1.29, 1.82) is 0 Å². The highest BCUT2D eigenvalue weighted by Gasteiger charge is 2.19. The third-order valence-electron chi connectivity index (χ3n) is 3.58. The first-order chi connectivity index (χ1) is 10.3. The molecule has 1 aliphatic heterocycles. The minimum atomic E-state index is -0.149. The number of hydrogen-bond donors (Lipinski definition) is 2. The van der Waals surface area contributed by atoms with Gasteiger partial charge in [0.1, 0.15) is 12.4 Å². The standard InChI is InChI=1S/C16H24N2O3/c1-3-13(17-7-4-9-20-2)16(19)12-5-6-15-14(11-12)18-8-10-21-15/h5-6,11,13,17-18H,3-4,7-10H2,1-2H3. The number of anilines is 1. The number of ether oxygens (including phenoxy) is 2. The molecule has 1 aromatic carbocycles. The second-order valence-electron chi connectivity index (χ2n) is 5.11. The summed E-state index contributed by atoms with van der Waals surface area (Å²) in [5, 5.41) is 6.56. The Hall–Kier alpha value is -1.59. The average molecular weight is 292 g/mol. The molecule has 1 atom stereocenters. The third-order valence-corrected chi connectivity index (χ3v) is 3.58. The van der Waals surface area contributed by atoms with Crippen LogP contribution >= 0.6 is 0 Å². The van der Waals surface area contributed by atoms with Gasteiger partial charge in [0.05, 0.1) is 11.7 Å². The number of nitrogens with one attached hydrogen (secondary N) is 2. The minimum absolute atomic E-state index is 0.130. The predicted molar refractivity (Wildman–Crippen MR) is 83.3 cm³/mol. The van der Waals surface area contributed by atoms with Crippen LogP contribution in [0.4, 0.5) is 5.69 Å². The largest absolute Gasteiger partial charge is 0.490 e. The number of carbonyl (C=O) groups is 1. The first-order valence-electron chi connectivity index (χ1n) is 7.53. The van der Waals surface area contributed by atoms with E-state index in [0.717, 1.165) is 42.9 Å². The maximum atomic E-state index is 12.6. The van der Waals surface area contributed by atoms with Crippen molar-refractivity contribution in [3.05, 3.63) is 23.8 Å². The van der Waals surface area contributed by atoms with Gasteiger partial charge in [-0.1, -0.05) is 6.92 Å². The van der Waals surface area contributed by atoms with Crippen molar-refractivity contribution < 1.29 is 14.3 Å². The van der Waals surface area contributed by atoms with Crippen molar-refractivity contribution in [2.45, 2.75) is 25.8 Å². The molecule has 0 aromatic heterocycles. The number of hydrogen-bond acceptors (Lipinski definition) is 5. The molecule has 0 aliphatic carbocycles. The smallest absolute Gasteiger partial charge is 0.179 e. The zero-order chi connectivity index (χ0) is 15.1.